The molecule has 0 aliphatic heterocycles. The molecule has 0 atom stereocenters. The van der Waals surface area contributed by atoms with Gasteiger partial charge in [0.15, 0.2) is 0 Å². The van der Waals surface area contributed by atoms with E-state index in [0.29, 0.717) is 10.9 Å². The molecule has 0 radical (unpaired) electrons. The largest absolute Gasteiger partial charge is 0.399 e. The molecule has 0 spiro atoms. The number of benzene rings is 1. The van der Waals surface area contributed by atoms with Crippen molar-refractivity contribution in [2.45, 2.75) is 36.6 Å². The van der Waals surface area contributed by atoms with Crippen LogP contribution in [0.3, 0.4) is 0 Å². The van der Waals surface area contributed by atoms with Gasteiger partial charge in [-0.1, -0.05) is 25.6 Å². The van der Waals surface area contributed by atoms with E-state index in [0.717, 1.165) is 29.6 Å². The highest BCUT2D eigenvalue weighted by atomic mass is 32.2. The number of hydrogen-bond donors (Lipinski definition) is 1. The van der Waals surface area contributed by atoms with E-state index in [-0.39, 0.29) is 16.5 Å². The van der Waals surface area contributed by atoms with Crippen molar-refractivity contribution in [1.29, 1.82) is 0 Å². The maximum atomic E-state index is 13.8. The highest BCUT2D eigenvalue weighted by Gasteiger charge is 2.14. The molecule has 106 valence electrons. The molecule has 1 heterocycles. The standard InChI is InChI=1S/C14H15F2N3S/c1-7(2)14-18-8(3)4-12(19-14)20-13-10(15)5-9(17)6-11(13)16/h4-7H,17H2,1-3H3. The van der Waals surface area contributed by atoms with Crippen LogP contribution in [0, 0.1) is 18.6 Å². The van der Waals surface area contributed by atoms with E-state index < -0.39 is 11.6 Å². The van der Waals surface area contributed by atoms with Crippen molar-refractivity contribution in [3.63, 3.8) is 0 Å². The summed E-state index contributed by atoms with van der Waals surface area (Å²) in [5.74, 6) is -0.566. The molecule has 2 rings (SSSR count). The first-order valence-electron chi connectivity index (χ1n) is 6.14. The predicted octanol–water partition coefficient (Wildman–Crippen LogP) is 3.92. The molecule has 0 bridgehead atoms. The summed E-state index contributed by atoms with van der Waals surface area (Å²) in [7, 11) is 0. The number of halogens is 2. The molecule has 1 aromatic carbocycles. The quantitative estimate of drug-likeness (QED) is 0.689. The number of hydrogen-bond acceptors (Lipinski definition) is 4. The maximum absolute atomic E-state index is 13.8. The molecule has 2 aromatic rings. The molecule has 2 N–H and O–H groups in total. The Hall–Kier alpha value is -1.69. The summed E-state index contributed by atoms with van der Waals surface area (Å²) in [6.45, 7) is 5.76. The zero-order valence-corrected chi connectivity index (χ0v) is 12.3. The Balaban J connectivity index is 2.40. The Morgan fingerprint density at radius 1 is 1.10 bits per heavy atom. The SMILES string of the molecule is Cc1cc(Sc2c(F)cc(N)cc2F)nc(C(C)C)n1. The van der Waals surface area contributed by atoms with E-state index in [1.807, 2.05) is 20.8 Å². The summed E-state index contributed by atoms with van der Waals surface area (Å²) < 4.78 is 27.5. The van der Waals surface area contributed by atoms with Crippen molar-refractivity contribution >= 4 is 17.4 Å². The van der Waals surface area contributed by atoms with Gasteiger partial charge in [0.1, 0.15) is 22.5 Å². The van der Waals surface area contributed by atoms with Crippen molar-refractivity contribution in [2.75, 3.05) is 5.73 Å². The number of nitrogen functional groups attached to an aromatic ring is 1. The molecule has 0 amide bonds. The molecule has 1 aromatic heterocycles. The lowest BCUT2D eigenvalue weighted by Crippen LogP contribution is -2.01. The minimum absolute atomic E-state index is 0.0612. The zero-order valence-electron chi connectivity index (χ0n) is 11.4. The second-order valence-corrected chi connectivity index (χ2v) is 5.81. The van der Waals surface area contributed by atoms with Crippen molar-refractivity contribution in [2.24, 2.45) is 0 Å². The van der Waals surface area contributed by atoms with E-state index in [2.05, 4.69) is 9.97 Å². The van der Waals surface area contributed by atoms with E-state index in [1.165, 1.54) is 0 Å². The van der Waals surface area contributed by atoms with Gasteiger partial charge in [0, 0.05) is 17.3 Å². The lowest BCUT2D eigenvalue weighted by Gasteiger charge is -2.09. The molecular weight excluding hydrogens is 280 g/mol. The summed E-state index contributed by atoms with van der Waals surface area (Å²) in [5.41, 5.74) is 6.22. The van der Waals surface area contributed by atoms with Crippen LogP contribution in [0.4, 0.5) is 14.5 Å². The predicted molar refractivity (Wildman–Crippen MR) is 75.8 cm³/mol. The van der Waals surface area contributed by atoms with Gasteiger partial charge in [0.05, 0.1) is 4.90 Å². The lowest BCUT2D eigenvalue weighted by atomic mass is 10.2. The zero-order chi connectivity index (χ0) is 14.9. The number of aromatic nitrogens is 2. The van der Waals surface area contributed by atoms with Crippen LogP contribution in [-0.4, -0.2) is 9.97 Å². The molecule has 0 fully saturated rings. The first kappa shape index (κ1) is 14.7. The fourth-order valence-corrected chi connectivity index (χ4v) is 2.54. The number of rotatable bonds is 3. The van der Waals surface area contributed by atoms with Crippen molar-refractivity contribution in [3.05, 3.63) is 41.4 Å². The fourth-order valence-electron chi connectivity index (χ4n) is 1.65. The highest BCUT2D eigenvalue weighted by Crippen LogP contribution is 2.32. The Morgan fingerprint density at radius 3 is 2.25 bits per heavy atom. The van der Waals surface area contributed by atoms with Gasteiger partial charge in [-0.05, 0) is 25.1 Å². The Labute approximate surface area is 120 Å². The number of aryl methyl sites for hydroxylation is 1. The van der Waals surface area contributed by atoms with Gasteiger partial charge in [-0.15, -0.1) is 0 Å². The van der Waals surface area contributed by atoms with Crippen LogP contribution in [0.5, 0.6) is 0 Å². The second-order valence-electron chi connectivity index (χ2n) is 4.78. The average Bonchev–Trinajstić information content (AvgIpc) is 2.33. The van der Waals surface area contributed by atoms with E-state index in [9.17, 15) is 8.78 Å². The van der Waals surface area contributed by atoms with Gasteiger partial charge in [-0.3, -0.25) is 0 Å². The Bertz CT molecular complexity index is 621. The normalized spacial score (nSPS) is 11.1. The van der Waals surface area contributed by atoms with Crippen LogP contribution in [0.1, 0.15) is 31.3 Å². The third-order valence-electron chi connectivity index (χ3n) is 2.59. The second kappa shape index (κ2) is 5.75. The summed E-state index contributed by atoms with van der Waals surface area (Å²) in [4.78, 5) is 8.52. The lowest BCUT2D eigenvalue weighted by molar-refractivity contribution is 0.541. The molecule has 0 unspecified atom stereocenters. The van der Waals surface area contributed by atoms with Crippen molar-refractivity contribution in [1.82, 2.24) is 9.97 Å². The number of nitrogens with zero attached hydrogens (tertiary/aromatic N) is 2. The van der Waals surface area contributed by atoms with Gasteiger partial charge < -0.3 is 5.73 Å². The Kier molecular flexibility index (Phi) is 4.23. The van der Waals surface area contributed by atoms with E-state index in [1.54, 1.807) is 6.07 Å². The highest BCUT2D eigenvalue weighted by molar-refractivity contribution is 7.99. The monoisotopic (exact) mass is 295 g/mol. The third-order valence-corrected chi connectivity index (χ3v) is 3.60. The van der Waals surface area contributed by atoms with Crippen LogP contribution < -0.4 is 5.73 Å². The van der Waals surface area contributed by atoms with Gasteiger partial charge in [-0.2, -0.15) is 0 Å². The van der Waals surface area contributed by atoms with Crippen molar-refractivity contribution in [3.8, 4) is 0 Å². The maximum Gasteiger partial charge on any atom is 0.142 e. The number of anilines is 1. The first-order chi connectivity index (χ1) is 9.36. The summed E-state index contributed by atoms with van der Waals surface area (Å²) >= 11 is 0.939. The molecule has 3 nitrogen and oxygen atoms in total. The number of nitrogens with two attached hydrogens (primary N) is 1. The summed E-state index contributed by atoms with van der Waals surface area (Å²) in [6, 6.07) is 3.90. The minimum Gasteiger partial charge on any atom is -0.399 e. The fraction of sp³-hybridized carbons (Fsp3) is 0.286. The first-order valence-corrected chi connectivity index (χ1v) is 6.96. The van der Waals surface area contributed by atoms with Crippen LogP contribution >= 0.6 is 11.8 Å². The minimum atomic E-state index is -0.685. The van der Waals surface area contributed by atoms with Crippen LogP contribution in [0.15, 0.2) is 28.1 Å². The van der Waals surface area contributed by atoms with Crippen LogP contribution in [0.25, 0.3) is 0 Å². The summed E-state index contributed by atoms with van der Waals surface area (Å²) in [5, 5.41) is 0.517. The van der Waals surface area contributed by atoms with Crippen LogP contribution in [0.2, 0.25) is 0 Å². The van der Waals surface area contributed by atoms with Gasteiger partial charge in [0.25, 0.3) is 0 Å². The molecule has 0 saturated heterocycles. The Morgan fingerprint density at radius 2 is 1.70 bits per heavy atom. The molecule has 0 saturated carbocycles. The average molecular weight is 295 g/mol. The van der Waals surface area contributed by atoms with Gasteiger partial charge >= 0.3 is 0 Å². The van der Waals surface area contributed by atoms with Gasteiger partial charge in [-0.25, -0.2) is 18.7 Å². The smallest absolute Gasteiger partial charge is 0.142 e. The molecule has 0 aliphatic carbocycles. The van der Waals surface area contributed by atoms with Gasteiger partial charge in [0.2, 0.25) is 0 Å². The third kappa shape index (κ3) is 3.25. The van der Waals surface area contributed by atoms with E-state index in [4.69, 9.17) is 5.73 Å². The van der Waals surface area contributed by atoms with E-state index >= 15 is 0 Å². The molecular formula is C14H15F2N3S. The summed E-state index contributed by atoms with van der Waals surface area (Å²) in [6.07, 6.45) is 0. The van der Waals surface area contributed by atoms with Crippen molar-refractivity contribution < 1.29 is 8.78 Å². The topological polar surface area (TPSA) is 51.8 Å². The molecule has 0 aliphatic rings. The van der Waals surface area contributed by atoms with Crippen LogP contribution in [-0.2, 0) is 0 Å². The molecule has 6 heteroatoms. The molecule has 20 heavy (non-hydrogen) atoms.